The van der Waals surface area contributed by atoms with E-state index >= 15 is 0 Å². The summed E-state index contributed by atoms with van der Waals surface area (Å²) < 4.78 is 29.2. The molecule has 4 N–H and O–H groups in total. The number of fused-ring (bicyclic) bond motifs is 1. The zero-order chi connectivity index (χ0) is 27.5. The van der Waals surface area contributed by atoms with Gasteiger partial charge < -0.3 is 20.9 Å². The summed E-state index contributed by atoms with van der Waals surface area (Å²) in [6.07, 6.45) is 13.3. The zero-order valence-corrected chi connectivity index (χ0v) is 23.5. The first-order valence-corrected chi connectivity index (χ1v) is 15.4. The van der Waals surface area contributed by atoms with Crippen LogP contribution in [0.2, 0.25) is 0 Å². The third-order valence-electron chi connectivity index (χ3n) is 7.95. The molecule has 1 aliphatic carbocycles. The lowest BCUT2D eigenvalue weighted by Gasteiger charge is -2.42. The minimum absolute atomic E-state index is 0.0826. The summed E-state index contributed by atoms with van der Waals surface area (Å²) in [7, 11) is -3.58. The van der Waals surface area contributed by atoms with E-state index in [0.717, 1.165) is 48.5 Å². The Morgan fingerprint density at radius 1 is 0.950 bits per heavy atom. The number of nitrogens with zero attached hydrogens (tertiary/aromatic N) is 4. The standard InChI is InChI=1S/C29H36N8O2S/c1-21-25(35-29-33-19-22(20-34-29)5-6-23-3-2-4-26-24(23)9-10-32-26)7-8-27(28(21)36-15-11-30-12-16-36)40(38,39)37-17-13-31-14-18-37/h2-10,19-21,28,30-32H,11-18H2,1H3,(H,33,34,35)/b6-5+. The number of anilines is 1. The molecule has 0 saturated carbocycles. The molecular formula is C29H36N8O2S. The van der Waals surface area contributed by atoms with Gasteiger partial charge in [-0.2, -0.15) is 4.31 Å². The number of allylic oxidation sites excluding steroid dienone is 2. The van der Waals surface area contributed by atoms with Crippen molar-refractivity contribution in [3.63, 3.8) is 0 Å². The maximum absolute atomic E-state index is 13.8. The fourth-order valence-corrected chi connectivity index (χ4v) is 7.64. The maximum atomic E-state index is 13.8. The van der Waals surface area contributed by atoms with Gasteiger partial charge in [-0.1, -0.05) is 31.2 Å². The van der Waals surface area contributed by atoms with Gasteiger partial charge in [0.15, 0.2) is 0 Å². The molecule has 2 fully saturated rings. The Balaban J connectivity index is 1.22. The van der Waals surface area contributed by atoms with Crippen LogP contribution < -0.4 is 16.0 Å². The van der Waals surface area contributed by atoms with Crippen LogP contribution >= 0.6 is 0 Å². The number of sulfonamides is 1. The van der Waals surface area contributed by atoms with Crippen LogP contribution in [0.15, 0.2) is 65.6 Å². The van der Waals surface area contributed by atoms with Gasteiger partial charge in [0.05, 0.1) is 10.9 Å². The van der Waals surface area contributed by atoms with Gasteiger partial charge >= 0.3 is 0 Å². The summed E-state index contributed by atoms with van der Waals surface area (Å²) in [5, 5.41) is 11.2. The Bertz CT molecular complexity index is 1530. The number of rotatable bonds is 7. The first-order valence-electron chi connectivity index (χ1n) is 13.9. The largest absolute Gasteiger partial charge is 0.361 e. The van der Waals surface area contributed by atoms with Gasteiger partial charge in [0.1, 0.15) is 0 Å². The number of hydrogen-bond donors (Lipinski definition) is 4. The highest BCUT2D eigenvalue weighted by molar-refractivity contribution is 7.93. The van der Waals surface area contributed by atoms with Crippen molar-refractivity contribution >= 4 is 39.0 Å². The second kappa shape index (κ2) is 11.6. The van der Waals surface area contributed by atoms with E-state index in [-0.39, 0.29) is 12.0 Å². The molecule has 2 atom stereocenters. The number of hydrogen-bond acceptors (Lipinski definition) is 8. The van der Waals surface area contributed by atoms with Gasteiger partial charge in [-0.3, -0.25) is 4.90 Å². The van der Waals surface area contributed by atoms with Crippen LogP contribution in [0, 0.1) is 5.92 Å². The molecule has 6 rings (SSSR count). The average molecular weight is 561 g/mol. The second-order valence-corrected chi connectivity index (χ2v) is 12.4. The molecule has 2 aliphatic heterocycles. The quantitative estimate of drug-likeness (QED) is 0.348. The van der Waals surface area contributed by atoms with E-state index in [1.807, 2.05) is 24.4 Å². The number of nitrogens with one attached hydrogen (secondary N) is 4. The molecule has 0 spiro atoms. The first kappa shape index (κ1) is 26.9. The average Bonchev–Trinajstić information content (AvgIpc) is 3.48. The van der Waals surface area contributed by atoms with Crippen LogP contribution in [0.25, 0.3) is 23.1 Å². The maximum Gasteiger partial charge on any atom is 0.240 e. The predicted molar refractivity (Wildman–Crippen MR) is 160 cm³/mol. The van der Waals surface area contributed by atoms with E-state index in [9.17, 15) is 8.42 Å². The highest BCUT2D eigenvalue weighted by Gasteiger charge is 2.41. The molecule has 2 aromatic heterocycles. The van der Waals surface area contributed by atoms with Crippen molar-refractivity contribution in [3.05, 3.63) is 76.7 Å². The van der Waals surface area contributed by atoms with E-state index in [4.69, 9.17) is 0 Å². The fraction of sp³-hybridized carbons (Fsp3) is 0.379. The molecule has 1 aromatic carbocycles. The van der Waals surface area contributed by atoms with Crippen molar-refractivity contribution in [2.24, 2.45) is 5.92 Å². The van der Waals surface area contributed by atoms with Crippen molar-refractivity contribution in [1.82, 2.24) is 34.8 Å². The summed E-state index contributed by atoms with van der Waals surface area (Å²) in [6, 6.07) is 7.99. The molecule has 0 amide bonds. The molecule has 210 valence electrons. The summed E-state index contributed by atoms with van der Waals surface area (Å²) in [5.41, 5.74) is 4.03. The lowest BCUT2D eigenvalue weighted by atomic mass is 9.91. The zero-order valence-electron chi connectivity index (χ0n) is 22.7. The highest BCUT2D eigenvalue weighted by Crippen LogP contribution is 2.34. The summed E-state index contributed by atoms with van der Waals surface area (Å²) >= 11 is 0. The van der Waals surface area contributed by atoms with Gasteiger partial charge in [0, 0.05) is 99.0 Å². The molecule has 11 heteroatoms. The minimum atomic E-state index is -3.58. The van der Waals surface area contributed by atoms with Crippen LogP contribution in [0.3, 0.4) is 0 Å². The monoisotopic (exact) mass is 560 g/mol. The molecule has 2 unspecified atom stereocenters. The molecule has 3 aliphatic rings. The van der Waals surface area contributed by atoms with Crippen molar-refractivity contribution in [2.75, 3.05) is 57.7 Å². The second-order valence-electron chi connectivity index (χ2n) is 10.4. The van der Waals surface area contributed by atoms with Gasteiger partial charge in [-0.25, -0.2) is 18.4 Å². The molecular weight excluding hydrogens is 524 g/mol. The minimum Gasteiger partial charge on any atom is -0.361 e. The lowest BCUT2D eigenvalue weighted by Crippen LogP contribution is -2.55. The molecule has 40 heavy (non-hydrogen) atoms. The van der Waals surface area contributed by atoms with Gasteiger partial charge in [-0.05, 0) is 29.8 Å². The van der Waals surface area contributed by atoms with Crippen LogP contribution in [0.4, 0.5) is 5.95 Å². The van der Waals surface area contributed by atoms with Crippen LogP contribution in [-0.4, -0.2) is 91.0 Å². The SMILES string of the molecule is CC1C(Nc2ncc(/C=C/c3cccc4[nH]ccc34)cn2)=CC=C(S(=O)(=O)N2CCNCC2)C1N1CCNCC1. The molecule has 0 radical (unpaired) electrons. The van der Waals surface area contributed by atoms with Gasteiger partial charge in [0.2, 0.25) is 16.0 Å². The molecule has 3 aromatic rings. The Morgan fingerprint density at radius 3 is 2.42 bits per heavy atom. The lowest BCUT2D eigenvalue weighted by molar-refractivity contribution is 0.168. The summed E-state index contributed by atoms with van der Waals surface area (Å²) in [5.74, 6) is 0.407. The Hall–Kier alpha value is -3.35. The Labute approximate surface area is 235 Å². The van der Waals surface area contributed by atoms with Crippen LogP contribution in [0.5, 0.6) is 0 Å². The Kier molecular flexibility index (Phi) is 7.81. The van der Waals surface area contributed by atoms with Gasteiger partial charge in [0.25, 0.3) is 0 Å². The first-order chi connectivity index (χ1) is 19.5. The smallest absolute Gasteiger partial charge is 0.240 e. The summed E-state index contributed by atoms with van der Waals surface area (Å²) in [4.78, 5) is 15.1. The number of piperazine rings is 2. The molecule has 4 heterocycles. The van der Waals surface area contributed by atoms with Crippen molar-refractivity contribution in [3.8, 4) is 0 Å². The third-order valence-corrected chi connectivity index (χ3v) is 9.97. The van der Waals surface area contributed by atoms with Gasteiger partial charge in [-0.15, -0.1) is 0 Å². The number of H-pyrrole nitrogens is 1. The fourth-order valence-electron chi connectivity index (χ4n) is 5.78. The molecule has 10 nitrogen and oxygen atoms in total. The van der Waals surface area contributed by atoms with Crippen molar-refractivity contribution in [1.29, 1.82) is 0 Å². The summed E-state index contributed by atoms with van der Waals surface area (Å²) in [6.45, 7) is 7.69. The van der Waals surface area contributed by atoms with Crippen molar-refractivity contribution in [2.45, 2.75) is 13.0 Å². The predicted octanol–water partition coefficient (Wildman–Crippen LogP) is 2.47. The number of aromatic nitrogens is 3. The molecule has 0 bridgehead atoms. The van der Waals surface area contributed by atoms with E-state index in [0.29, 0.717) is 37.0 Å². The van der Waals surface area contributed by atoms with E-state index in [1.165, 1.54) is 5.39 Å². The van der Waals surface area contributed by atoms with E-state index in [1.54, 1.807) is 22.8 Å². The van der Waals surface area contributed by atoms with Crippen LogP contribution in [0.1, 0.15) is 18.1 Å². The number of aromatic amines is 1. The van der Waals surface area contributed by atoms with E-state index in [2.05, 4.69) is 67.0 Å². The topological polar surface area (TPSA) is 118 Å². The highest BCUT2D eigenvalue weighted by atomic mass is 32.2. The van der Waals surface area contributed by atoms with E-state index < -0.39 is 10.0 Å². The normalized spacial score (nSPS) is 23.3. The van der Waals surface area contributed by atoms with Crippen LogP contribution in [-0.2, 0) is 10.0 Å². The van der Waals surface area contributed by atoms with Crippen molar-refractivity contribution < 1.29 is 8.42 Å². The molecule has 2 saturated heterocycles. The Morgan fingerprint density at radius 2 is 1.68 bits per heavy atom. The third kappa shape index (κ3) is 5.48. The number of benzene rings is 1.